The zero-order chi connectivity index (χ0) is 15.3. The Bertz CT molecular complexity index is 522. The summed E-state index contributed by atoms with van der Waals surface area (Å²) in [5, 5.41) is 11.9. The molecule has 0 spiro atoms. The highest BCUT2D eigenvalue weighted by Gasteiger charge is 2.27. The summed E-state index contributed by atoms with van der Waals surface area (Å²) >= 11 is 5.59. The Morgan fingerprint density at radius 1 is 1.45 bits per heavy atom. The number of alkyl halides is 3. The third-order valence-corrected chi connectivity index (χ3v) is 2.27. The number of rotatable bonds is 5. The highest BCUT2D eigenvalue weighted by Crippen LogP contribution is 2.28. The highest BCUT2D eigenvalue weighted by molar-refractivity contribution is 6.32. The SMILES string of the molecule is O=C(COc1ccc([N+](=O)[O-])c(Cl)c1)NCC(F)(F)F. The van der Waals surface area contributed by atoms with Crippen LogP contribution in [0.2, 0.25) is 5.02 Å². The van der Waals surface area contributed by atoms with Crippen molar-refractivity contribution in [1.82, 2.24) is 5.32 Å². The van der Waals surface area contributed by atoms with Gasteiger partial charge in [0.15, 0.2) is 6.61 Å². The number of carbonyl (C=O) groups excluding carboxylic acids is 1. The Morgan fingerprint density at radius 3 is 2.60 bits per heavy atom. The first-order valence-electron chi connectivity index (χ1n) is 5.09. The van der Waals surface area contributed by atoms with Crippen molar-refractivity contribution in [2.24, 2.45) is 0 Å². The van der Waals surface area contributed by atoms with Gasteiger partial charge in [0.1, 0.15) is 17.3 Å². The number of benzene rings is 1. The fourth-order valence-electron chi connectivity index (χ4n) is 1.12. The summed E-state index contributed by atoms with van der Waals surface area (Å²) in [6.45, 7) is -2.12. The number of halogens is 4. The predicted molar refractivity (Wildman–Crippen MR) is 62.7 cm³/mol. The molecule has 1 aromatic rings. The molecule has 0 fully saturated rings. The van der Waals surface area contributed by atoms with E-state index in [1.165, 1.54) is 6.07 Å². The van der Waals surface area contributed by atoms with E-state index in [4.69, 9.17) is 16.3 Å². The standard InChI is InChI=1S/C10H8ClF3N2O4/c11-7-3-6(1-2-8(7)16(18)19)20-4-9(17)15-5-10(12,13)14/h1-3H,4-5H2,(H,15,17). The van der Waals surface area contributed by atoms with Crippen LogP contribution in [0.3, 0.4) is 0 Å². The average Bonchev–Trinajstić information content (AvgIpc) is 2.32. The lowest BCUT2D eigenvalue weighted by atomic mass is 10.3. The molecule has 0 saturated carbocycles. The van der Waals surface area contributed by atoms with Crippen molar-refractivity contribution in [2.75, 3.05) is 13.2 Å². The molecule has 0 aliphatic carbocycles. The van der Waals surface area contributed by atoms with Crippen molar-refractivity contribution in [1.29, 1.82) is 0 Å². The molecule has 0 atom stereocenters. The monoisotopic (exact) mass is 312 g/mol. The molecule has 20 heavy (non-hydrogen) atoms. The molecule has 1 rings (SSSR count). The first-order chi connectivity index (χ1) is 9.19. The fraction of sp³-hybridized carbons (Fsp3) is 0.300. The van der Waals surface area contributed by atoms with Gasteiger partial charge in [-0.2, -0.15) is 13.2 Å². The number of nitro groups is 1. The molecular formula is C10H8ClF3N2O4. The van der Waals surface area contributed by atoms with Crippen LogP contribution in [0.5, 0.6) is 5.75 Å². The van der Waals surface area contributed by atoms with Gasteiger partial charge in [0.05, 0.1) is 4.92 Å². The molecular weight excluding hydrogens is 305 g/mol. The summed E-state index contributed by atoms with van der Waals surface area (Å²) in [6.07, 6.45) is -4.51. The Hall–Kier alpha value is -2.03. The van der Waals surface area contributed by atoms with E-state index in [2.05, 4.69) is 0 Å². The van der Waals surface area contributed by atoms with Gasteiger partial charge >= 0.3 is 6.18 Å². The molecule has 1 amide bonds. The Kier molecular flexibility index (Phi) is 5.14. The number of nitrogens with one attached hydrogen (secondary N) is 1. The van der Waals surface area contributed by atoms with Gasteiger partial charge in [0.25, 0.3) is 11.6 Å². The van der Waals surface area contributed by atoms with Crippen molar-refractivity contribution in [3.63, 3.8) is 0 Å². The minimum Gasteiger partial charge on any atom is -0.484 e. The smallest absolute Gasteiger partial charge is 0.405 e. The van der Waals surface area contributed by atoms with Gasteiger partial charge < -0.3 is 10.1 Å². The second-order valence-corrected chi connectivity index (χ2v) is 3.96. The molecule has 0 aliphatic rings. The molecule has 0 radical (unpaired) electrons. The molecule has 110 valence electrons. The van der Waals surface area contributed by atoms with E-state index in [0.717, 1.165) is 12.1 Å². The van der Waals surface area contributed by atoms with Crippen molar-refractivity contribution < 1.29 is 27.6 Å². The predicted octanol–water partition coefficient (Wildman–Crippen LogP) is 2.31. The van der Waals surface area contributed by atoms with E-state index < -0.39 is 30.2 Å². The maximum Gasteiger partial charge on any atom is 0.405 e. The number of carbonyl (C=O) groups is 1. The molecule has 1 aromatic carbocycles. The van der Waals surface area contributed by atoms with Crippen LogP contribution in [0.4, 0.5) is 18.9 Å². The fourth-order valence-corrected chi connectivity index (χ4v) is 1.36. The van der Waals surface area contributed by atoms with E-state index in [0.29, 0.717) is 0 Å². The van der Waals surface area contributed by atoms with Crippen LogP contribution < -0.4 is 10.1 Å². The molecule has 6 nitrogen and oxygen atoms in total. The molecule has 0 aliphatic heterocycles. The lowest BCUT2D eigenvalue weighted by Crippen LogP contribution is -2.36. The van der Waals surface area contributed by atoms with Gasteiger partial charge in [0.2, 0.25) is 0 Å². The Balaban J connectivity index is 2.52. The van der Waals surface area contributed by atoms with Crippen molar-refractivity contribution in [3.8, 4) is 5.75 Å². The van der Waals surface area contributed by atoms with Gasteiger partial charge in [-0.1, -0.05) is 11.6 Å². The summed E-state index contributed by atoms with van der Waals surface area (Å²) in [4.78, 5) is 20.8. The Morgan fingerprint density at radius 2 is 2.10 bits per heavy atom. The van der Waals surface area contributed by atoms with E-state index in [-0.39, 0.29) is 16.5 Å². The largest absolute Gasteiger partial charge is 0.484 e. The normalized spacial score (nSPS) is 11.0. The number of ether oxygens (including phenoxy) is 1. The molecule has 0 unspecified atom stereocenters. The third kappa shape index (κ3) is 5.31. The Labute approximate surface area is 115 Å². The minimum absolute atomic E-state index is 0.0303. The number of hydrogen-bond donors (Lipinski definition) is 1. The van der Waals surface area contributed by atoms with E-state index in [9.17, 15) is 28.1 Å². The second-order valence-electron chi connectivity index (χ2n) is 3.55. The number of amides is 1. The van der Waals surface area contributed by atoms with E-state index >= 15 is 0 Å². The number of nitro benzene ring substituents is 1. The third-order valence-electron chi connectivity index (χ3n) is 1.97. The van der Waals surface area contributed by atoms with Crippen LogP contribution in [0.25, 0.3) is 0 Å². The minimum atomic E-state index is -4.51. The van der Waals surface area contributed by atoms with Gasteiger partial charge in [-0.05, 0) is 6.07 Å². The quantitative estimate of drug-likeness (QED) is 0.668. The summed E-state index contributed by atoms with van der Waals surface area (Å²) in [5.41, 5.74) is -0.347. The van der Waals surface area contributed by atoms with Crippen LogP contribution >= 0.6 is 11.6 Å². The van der Waals surface area contributed by atoms with Crippen LogP contribution in [-0.2, 0) is 4.79 Å². The van der Waals surface area contributed by atoms with Crippen molar-refractivity contribution in [2.45, 2.75) is 6.18 Å². The van der Waals surface area contributed by atoms with Crippen molar-refractivity contribution >= 4 is 23.2 Å². The highest BCUT2D eigenvalue weighted by atomic mass is 35.5. The lowest BCUT2D eigenvalue weighted by Gasteiger charge is -2.09. The van der Waals surface area contributed by atoms with E-state index in [1.54, 1.807) is 5.32 Å². The van der Waals surface area contributed by atoms with Gasteiger partial charge in [-0.3, -0.25) is 14.9 Å². The van der Waals surface area contributed by atoms with Crippen LogP contribution in [0, 0.1) is 10.1 Å². The van der Waals surface area contributed by atoms with E-state index in [1.807, 2.05) is 0 Å². The van der Waals surface area contributed by atoms with Gasteiger partial charge in [0, 0.05) is 12.1 Å². The van der Waals surface area contributed by atoms with Crippen LogP contribution in [0.1, 0.15) is 0 Å². The molecule has 1 N–H and O–H groups in total. The van der Waals surface area contributed by atoms with Gasteiger partial charge in [-0.15, -0.1) is 0 Å². The maximum atomic E-state index is 11.8. The number of nitrogens with zero attached hydrogens (tertiary/aromatic N) is 1. The van der Waals surface area contributed by atoms with Gasteiger partial charge in [-0.25, -0.2) is 0 Å². The number of hydrogen-bond acceptors (Lipinski definition) is 4. The molecule has 0 aromatic heterocycles. The van der Waals surface area contributed by atoms with Crippen LogP contribution in [0.15, 0.2) is 18.2 Å². The maximum absolute atomic E-state index is 11.8. The first-order valence-corrected chi connectivity index (χ1v) is 5.47. The molecule has 0 bridgehead atoms. The zero-order valence-electron chi connectivity index (χ0n) is 9.74. The summed E-state index contributed by atoms with van der Waals surface area (Å²) in [6, 6.07) is 3.34. The summed E-state index contributed by atoms with van der Waals surface area (Å²) < 4.78 is 40.3. The molecule has 0 saturated heterocycles. The zero-order valence-corrected chi connectivity index (χ0v) is 10.5. The topological polar surface area (TPSA) is 81.5 Å². The lowest BCUT2D eigenvalue weighted by molar-refractivity contribution is -0.384. The van der Waals surface area contributed by atoms with Crippen LogP contribution in [-0.4, -0.2) is 30.2 Å². The average molecular weight is 313 g/mol. The molecule has 10 heteroatoms. The summed E-state index contributed by atoms with van der Waals surface area (Å²) in [7, 11) is 0. The second kappa shape index (κ2) is 6.42. The molecule has 0 heterocycles. The first kappa shape index (κ1) is 16.0. The summed E-state index contributed by atoms with van der Waals surface area (Å²) in [5.74, 6) is -0.945. The van der Waals surface area contributed by atoms with Crippen molar-refractivity contribution in [3.05, 3.63) is 33.3 Å².